The van der Waals surface area contributed by atoms with E-state index in [1.807, 2.05) is 6.92 Å². The summed E-state index contributed by atoms with van der Waals surface area (Å²) in [5, 5.41) is 2.52. The van der Waals surface area contributed by atoms with Gasteiger partial charge in [0.15, 0.2) is 0 Å². The zero-order valence-electron chi connectivity index (χ0n) is 11.3. The number of nitrogen functional groups attached to an aromatic ring is 1. The number of hydrogen-bond donors (Lipinski definition) is 2. The highest BCUT2D eigenvalue weighted by Gasteiger charge is 2.19. The molecule has 0 aromatic carbocycles. The minimum Gasteiger partial charge on any atom is -0.465 e. The molecule has 1 aromatic heterocycles. The quantitative estimate of drug-likeness (QED) is 0.729. The van der Waals surface area contributed by atoms with Gasteiger partial charge in [-0.25, -0.2) is 9.78 Å². The van der Waals surface area contributed by atoms with Crippen LogP contribution in [-0.4, -0.2) is 44.1 Å². The first-order chi connectivity index (χ1) is 9.03. The van der Waals surface area contributed by atoms with Crippen molar-refractivity contribution >= 4 is 23.4 Å². The Labute approximate surface area is 111 Å². The number of carbonyl (C=O) groups excluding carboxylic acids is 2. The van der Waals surface area contributed by atoms with Gasteiger partial charge < -0.3 is 20.7 Å². The molecule has 0 aliphatic carbocycles. The Morgan fingerprint density at radius 3 is 2.74 bits per heavy atom. The molecule has 0 bridgehead atoms. The molecule has 0 radical (unpaired) electrons. The first-order valence-corrected chi connectivity index (χ1v) is 5.82. The van der Waals surface area contributed by atoms with Crippen LogP contribution in [0.15, 0.2) is 12.3 Å². The van der Waals surface area contributed by atoms with Gasteiger partial charge in [0.25, 0.3) is 0 Å². The van der Waals surface area contributed by atoms with Crippen LogP contribution < -0.4 is 16.0 Å². The van der Waals surface area contributed by atoms with Crippen molar-refractivity contribution in [1.29, 1.82) is 0 Å². The van der Waals surface area contributed by atoms with Gasteiger partial charge in [-0.1, -0.05) is 0 Å². The van der Waals surface area contributed by atoms with E-state index in [1.54, 1.807) is 11.9 Å². The number of ether oxygens (including phenoxy) is 1. The van der Waals surface area contributed by atoms with Crippen LogP contribution in [0, 0.1) is 0 Å². The van der Waals surface area contributed by atoms with Crippen LogP contribution in [0.2, 0.25) is 0 Å². The van der Waals surface area contributed by atoms with E-state index >= 15 is 0 Å². The second-order valence-electron chi connectivity index (χ2n) is 3.82. The van der Waals surface area contributed by atoms with Crippen LogP contribution in [0.3, 0.4) is 0 Å². The highest BCUT2D eigenvalue weighted by molar-refractivity contribution is 5.96. The number of rotatable bonds is 5. The summed E-state index contributed by atoms with van der Waals surface area (Å²) in [6, 6.07) is 1.49. The van der Waals surface area contributed by atoms with Crippen LogP contribution in [0.4, 0.5) is 11.5 Å². The lowest BCUT2D eigenvalue weighted by Crippen LogP contribution is -2.36. The van der Waals surface area contributed by atoms with Crippen molar-refractivity contribution in [2.45, 2.75) is 6.92 Å². The summed E-state index contributed by atoms with van der Waals surface area (Å²) in [4.78, 5) is 29.0. The Morgan fingerprint density at radius 2 is 2.21 bits per heavy atom. The second kappa shape index (κ2) is 6.58. The first-order valence-electron chi connectivity index (χ1n) is 5.82. The normalized spacial score (nSPS) is 9.84. The Balaban J connectivity index is 3.15. The van der Waals surface area contributed by atoms with E-state index in [1.165, 1.54) is 19.4 Å². The van der Waals surface area contributed by atoms with Crippen LogP contribution in [0.25, 0.3) is 0 Å². The fourth-order valence-electron chi connectivity index (χ4n) is 1.57. The number of pyridine rings is 1. The number of carbonyl (C=O) groups is 2. The maximum Gasteiger partial charge on any atom is 0.341 e. The summed E-state index contributed by atoms with van der Waals surface area (Å²) in [6.07, 6.45) is 1.44. The number of nitrogens with two attached hydrogens (primary N) is 1. The molecule has 1 heterocycles. The molecule has 19 heavy (non-hydrogen) atoms. The van der Waals surface area contributed by atoms with E-state index in [4.69, 9.17) is 10.5 Å². The van der Waals surface area contributed by atoms with Crippen molar-refractivity contribution in [3.05, 3.63) is 17.8 Å². The van der Waals surface area contributed by atoms with E-state index in [-0.39, 0.29) is 18.0 Å². The lowest BCUT2D eigenvalue weighted by Gasteiger charge is -2.22. The van der Waals surface area contributed by atoms with Crippen molar-refractivity contribution in [3.63, 3.8) is 0 Å². The number of methoxy groups -OCH3 is 1. The van der Waals surface area contributed by atoms with Gasteiger partial charge in [0.1, 0.15) is 11.4 Å². The molecule has 1 amide bonds. The van der Waals surface area contributed by atoms with Crippen molar-refractivity contribution in [3.8, 4) is 0 Å². The SMILES string of the molecule is CCN(CC(=O)NC)c1ncc(N)cc1C(=O)OC. The smallest absolute Gasteiger partial charge is 0.341 e. The van der Waals surface area contributed by atoms with Crippen molar-refractivity contribution in [1.82, 2.24) is 10.3 Å². The number of nitrogens with zero attached hydrogens (tertiary/aromatic N) is 2. The van der Waals surface area contributed by atoms with E-state index in [0.717, 1.165) is 0 Å². The van der Waals surface area contributed by atoms with Gasteiger partial charge in [-0.05, 0) is 13.0 Å². The summed E-state index contributed by atoms with van der Waals surface area (Å²) < 4.78 is 4.70. The molecule has 1 rings (SSSR count). The molecule has 0 aliphatic heterocycles. The van der Waals surface area contributed by atoms with E-state index < -0.39 is 5.97 Å². The zero-order chi connectivity index (χ0) is 14.4. The Hall–Kier alpha value is -2.31. The van der Waals surface area contributed by atoms with Gasteiger partial charge in [-0.3, -0.25) is 4.79 Å². The lowest BCUT2D eigenvalue weighted by atomic mass is 10.2. The number of nitrogens with one attached hydrogen (secondary N) is 1. The van der Waals surface area contributed by atoms with Gasteiger partial charge in [-0.2, -0.15) is 0 Å². The predicted octanol–water partition coefficient (Wildman–Crippen LogP) is 0.0227. The van der Waals surface area contributed by atoms with Gasteiger partial charge in [0.05, 0.1) is 25.5 Å². The highest BCUT2D eigenvalue weighted by atomic mass is 16.5. The van der Waals surface area contributed by atoms with Crippen molar-refractivity contribution in [2.24, 2.45) is 0 Å². The minimum atomic E-state index is -0.537. The van der Waals surface area contributed by atoms with Gasteiger partial charge in [0, 0.05) is 13.6 Å². The topological polar surface area (TPSA) is 97.5 Å². The number of likely N-dealkylation sites (N-methyl/N-ethyl adjacent to an activating group) is 2. The third kappa shape index (κ3) is 3.57. The minimum absolute atomic E-state index is 0.105. The average molecular weight is 266 g/mol. The summed E-state index contributed by atoms with van der Waals surface area (Å²) >= 11 is 0. The Kier molecular flexibility index (Phi) is 5.11. The van der Waals surface area contributed by atoms with E-state index in [0.29, 0.717) is 18.1 Å². The number of esters is 1. The first kappa shape index (κ1) is 14.7. The van der Waals surface area contributed by atoms with Crippen molar-refractivity contribution < 1.29 is 14.3 Å². The summed E-state index contributed by atoms with van der Waals surface area (Å²) in [5.74, 6) is -0.325. The fourth-order valence-corrected chi connectivity index (χ4v) is 1.57. The summed E-state index contributed by atoms with van der Waals surface area (Å²) in [5.41, 5.74) is 6.23. The van der Waals surface area contributed by atoms with E-state index in [9.17, 15) is 9.59 Å². The third-order valence-corrected chi connectivity index (χ3v) is 2.59. The fraction of sp³-hybridized carbons (Fsp3) is 0.417. The molecule has 0 saturated carbocycles. The molecule has 0 atom stereocenters. The van der Waals surface area contributed by atoms with Gasteiger partial charge in [0.2, 0.25) is 5.91 Å². The molecule has 1 aromatic rings. The maximum atomic E-state index is 11.7. The lowest BCUT2D eigenvalue weighted by molar-refractivity contribution is -0.119. The maximum absolute atomic E-state index is 11.7. The van der Waals surface area contributed by atoms with Crippen molar-refractivity contribution in [2.75, 3.05) is 37.9 Å². The molecule has 104 valence electrons. The molecule has 0 unspecified atom stereocenters. The number of aromatic nitrogens is 1. The van der Waals surface area contributed by atoms with E-state index in [2.05, 4.69) is 10.3 Å². The number of anilines is 2. The highest BCUT2D eigenvalue weighted by Crippen LogP contribution is 2.20. The largest absolute Gasteiger partial charge is 0.465 e. The number of amides is 1. The summed E-state index contributed by atoms with van der Waals surface area (Å²) in [7, 11) is 2.83. The molecule has 0 saturated heterocycles. The Morgan fingerprint density at radius 1 is 1.53 bits per heavy atom. The van der Waals surface area contributed by atoms with Crippen LogP contribution in [-0.2, 0) is 9.53 Å². The second-order valence-corrected chi connectivity index (χ2v) is 3.82. The molecule has 7 heteroatoms. The Bertz CT molecular complexity index is 476. The average Bonchev–Trinajstić information content (AvgIpc) is 2.43. The molecule has 0 fully saturated rings. The molecule has 0 spiro atoms. The summed E-state index contributed by atoms with van der Waals surface area (Å²) in [6.45, 7) is 2.49. The molecular weight excluding hydrogens is 248 g/mol. The van der Waals surface area contributed by atoms with Gasteiger partial charge in [-0.15, -0.1) is 0 Å². The monoisotopic (exact) mass is 266 g/mol. The van der Waals surface area contributed by atoms with Crippen LogP contribution in [0.1, 0.15) is 17.3 Å². The standard InChI is InChI=1S/C12H18N4O3/c1-4-16(7-10(17)14-2)11-9(12(18)19-3)5-8(13)6-15-11/h5-6H,4,7,13H2,1-3H3,(H,14,17). The molecular formula is C12H18N4O3. The van der Waals surface area contributed by atoms with Crippen LogP contribution >= 0.6 is 0 Å². The third-order valence-electron chi connectivity index (χ3n) is 2.59. The molecule has 0 aliphatic rings. The zero-order valence-corrected chi connectivity index (χ0v) is 11.3. The molecule has 7 nitrogen and oxygen atoms in total. The van der Waals surface area contributed by atoms with Gasteiger partial charge >= 0.3 is 5.97 Å². The number of hydrogen-bond acceptors (Lipinski definition) is 6. The molecule has 3 N–H and O–H groups in total. The predicted molar refractivity (Wildman–Crippen MR) is 71.9 cm³/mol. The van der Waals surface area contributed by atoms with Crippen LogP contribution in [0.5, 0.6) is 0 Å².